The van der Waals surface area contributed by atoms with E-state index >= 15 is 0 Å². The topological polar surface area (TPSA) is 101 Å². The molecule has 2 N–H and O–H groups in total. The lowest BCUT2D eigenvalue weighted by Gasteiger charge is -2.23. The van der Waals surface area contributed by atoms with Gasteiger partial charge in [-0.15, -0.1) is 0 Å². The van der Waals surface area contributed by atoms with Gasteiger partial charge in [0, 0.05) is 6.07 Å². The average molecular weight is 364 g/mol. The van der Waals surface area contributed by atoms with Gasteiger partial charge in [-0.1, -0.05) is 0 Å². The van der Waals surface area contributed by atoms with Gasteiger partial charge in [0.15, 0.2) is 0 Å². The predicted octanol–water partition coefficient (Wildman–Crippen LogP) is 1.85. The molecule has 1 saturated heterocycles. The molecule has 110 valence electrons. The summed E-state index contributed by atoms with van der Waals surface area (Å²) < 4.78 is 27.1. The highest BCUT2D eigenvalue weighted by molar-refractivity contribution is 9.10. The lowest BCUT2D eigenvalue weighted by molar-refractivity contribution is -0.385. The fourth-order valence-corrected chi connectivity index (χ4v) is 3.94. The Bertz CT molecular complexity index is 614. The van der Waals surface area contributed by atoms with E-state index in [1.165, 1.54) is 18.2 Å². The lowest BCUT2D eigenvalue weighted by Crippen LogP contribution is -2.38. The normalized spacial score (nSPS) is 16.9. The van der Waals surface area contributed by atoms with Crippen LogP contribution >= 0.6 is 15.9 Å². The summed E-state index contributed by atoms with van der Waals surface area (Å²) in [5.41, 5.74) is 0.0361. The number of hydrogen-bond donors (Lipinski definition) is 2. The number of piperidine rings is 1. The second-order valence-electron chi connectivity index (χ2n) is 4.52. The van der Waals surface area contributed by atoms with Crippen molar-refractivity contribution in [1.82, 2.24) is 5.32 Å². The molecule has 1 heterocycles. The van der Waals surface area contributed by atoms with E-state index in [1.54, 1.807) is 0 Å². The van der Waals surface area contributed by atoms with Gasteiger partial charge < -0.3 is 5.32 Å². The van der Waals surface area contributed by atoms with E-state index in [0.717, 1.165) is 0 Å². The zero-order valence-electron chi connectivity index (χ0n) is 10.5. The van der Waals surface area contributed by atoms with Gasteiger partial charge in [0.25, 0.3) is 5.69 Å². The molecule has 0 spiro atoms. The smallest absolute Gasteiger partial charge is 0.285 e. The number of nitrogens with one attached hydrogen (secondary N) is 2. The summed E-state index contributed by atoms with van der Waals surface area (Å²) in [5.74, 6) is 0. The molecule has 7 nitrogen and oxygen atoms in total. The monoisotopic (exact) mass is 363 g/mol. The van der Waals surface area contributed by atoms with Crippen LogP contribution in [0.4, 0.5) is 11.4 Å². The summed E-state index contributed by atoms with van der Waals surface area (Å²) in [6.07, 6.45) is 1.07. The Hall–Kier alpha value is -1.19. The van der Waals surface area contributed by atoms with Gasteiger partial charge in [-0.05, 0) is 54.0 Å². The van der Waals surface area contributed by atoms with Gasteiger partial charge in [-0.3, -0.25) is 14.8 Å². The maximum absolute atomic E-state index is 12.2. The first-order valence-corrected chi connectivity index (χ1v) is 8.40. The summed E-state index contributed by atoms with van der Waals surface area (Å²) in [4.78, 5) is 10.3. The Morgan fingerprint density at radius 3 is 2.60 bits per heavy atom. The summed E-state index contributed by atoms with van der Waals surface area (Å²) in [6.45, 7) is 1.32. The molecular formula is C11H14BrN3O4S. The first-order chi connectivity index (χ1) is 9.40. The molecule has 20 heavy (non-hydrogen) atoms. The maximum atomic E-state index is 12.2. The first kappa shape index (κ1) is 15.2. The zero-order chi connectivity index (χ0) is 14.8. The van der Waals surface area contributed by atoms with E-state index in [9.17, 15) is 18.5 Å². The van der Waals surface area contributed by atoms with E-state index in [1.807, 2.05) is 0 Å². The molecular weight excluding hydrogens is 350 g/mol. The number of nitro groups is 1. The number of nitrogens with zero attached hydrogens (tertiary/aromatic N) is 1. The average Bonchev–Trinajstić information content (AvgIpc) is 2.41. The third-order valence-electron chi connectivity index (χ3n) is 3.13. The quantitative estimate of drug-likeness (QED) is 0.627. The highest BCUT2D eigenvalue weighted by Gasteiger charge is 2.27. The van der Waals surface area contributed by atoms with Crippen molar-refractivity contribution in [1.29, 1.82) is 0 Å². The molecule has 0 bridgehead atoms. The third-order valence-corrected chi connectivity index (χ3v) is 5.67. The molecule has 0 radical (unpaired) electrons. The molecule has 1 aromatic carbocycles. The summed E-state index contributed by atoms with van der Waals surface area (Å²) in [7, 11) is -3.52. The molecule has 2 rings (SSSR count). The van der Waals surface area contributed by atoms with E-state index < -0.39 is 20.2 Å². The fraction of sp³-hybridized carbons (Fsp3) is 0.455. The van der Waals surface area contributed by atoms with Crippen molar-refractivity contribution in [2.24, 2.45) is 0 Å². The van der Waals surface area contributed by atoms with Crippen LogP contribution < -0.4 is 10.0 Å². The zero-order valence-corrected chi connectivity index (χ0v) is 12.9. The number of rotatable bonds is 4. The minimum atomic E-state index is -3.52. The van der Waals surface area contributed by atoms with Gasteiger partial charge in [0.05, 0.1) is 20.3 Å². The Balaban J connectivity index is 2.20. The molecule has 0 saturated carbocycles. The van der Waals surface area contributed by atoms with Crippen molar-refractivity contribution in [3.8, 4) is 0 Å². The lowest BCUT2D eigenvalue weighted by atomic mass is 10.2. The number of nitro benzene ring substituents is 1. The van der Waals surface area contributed by atoms with Crippen molar-refractivity contribution in [2.45, 2.75) is 18.1 Å². The van der Waals surface area contributed by atoms with Crippen LogP contribution in [-0.2, 0) is 10.0 Å². The second kappa shape index (κ2) is 6.06. The number of hydrogen-bond acceptors (Lipinski definition) is 5. The molecule has 0 unspecified atom stereocenters. The van der Waals surface area contributed by atoms with Crippen LogP contribution in [0.2, 0.25) is 0 Å². The summed E-state index contributed by atoms with van der Waals surface area (Å²) >= 11 is 3.06. The van der Waals surface area contributed by atoms with E-state index in [-0.39, 0.29) is 11.4 Å². The predicted molar refractivity (Wildman–Crippen MR) is 79.2 cm³/mol. The van der Waals surface area contributed by atoms with Crippen LogP contribution in [0.3, 0.4) is 0 Å². The van der Waals surface area contributed by atoms with Gasteiger partial charge in [-0.2, -0.15) is 0 Å². The fourth-order valence-electron chi connectivity index (χ4n) is 2.07. The van der Waals surface area contributed by atoms with Crippen molar-refractivity contribution in [3.05, 3.63) is 32.8 Å². The van der Waals surface area contributed by atoms with Crippen molar-refractivity contribution in [2.75, 3.05) is 17.8 Å². The minimum absolute atomic E-state index is 0.171. The molecule has 0 aromatic heterocycles. The van der Waals surface area contributed by atoms with Crippen LogP contribution in [0.1, 0.15) is 12.8 Å². The van der Waals surface area contributed by atoms with Crippen LogP contribution in [0.15, 0.2) is 22.7 Å². The first-order valence-electron chi connectivity index (χ1n) is 6.06. The van der Waals surface area contributed by atoms with Gasteiger partial charge in [0.1, 0.15) is 0 Å². The van der Waals surface area contributed by atoms with Crippen LogP contribution in [-0.4, -0.2) is 31.7 Å². The molecule has 0 aliphatic carbocycles. The molecule has 9 heteroatoms. The maximum Gasteiger partial charge on any atom is 0.285 e. The van der Waals surface area contributed by atoms with E-state index in [4.69, 9.17) is 0 Å². The molecule has 1 aliphatic rings. The van der Waals surface area contributed by atoms with E-state index in [2.05, 4.69) is 26.0 Å². The van der Waals surface area contributed by atoms with Crippen molar-refractivity contribution in [3.63, 3.8) is 0 Å². The Kier molecular flexibility index (Phi) is 4.61. The van der Waals surface area contributed by atoms with Crippen molar-refractivity contribution < 1.29 is 13.3 Å². The van der Waals surface area contributed by atoms with Crippen LogP contribution in [0.25, 0.3) is 0 Å². The summed E-state index contributed by atoms with van der Waals surface area (Å²) in [5, 5.41) is 13.5. The standard InChI is InChI=1S/C11H14BrN3O4S/c12-10-2-1-8(7-11(10)15(16)17)14-20(18,19)9-3-5-13-6-4-9/h1-2,7,9,13-14H,3-6H2. The highest BCUT2D eigenvalue weighted by Crippen LogP contribution is 2.29. The van der Waals surface area contributed by atoms with Crippen molar-refractivity contribution >= 4 is 37.3 Å². The molecule has 1 fully saturated rings. The number of anilines is 1. The summed E-state index contributed by atoms with van der Waals surface area (Å²) in [6, 6.07) is 4.16. The Morgan fingerprint density at radius 1 is 1.35 bits per heavy atom. The van der Waals surface area contributed by atoms with Crippen LogP contribution in [0, 0.1) is 10.1 Å². The molecule has 1 aliphatic heterocycles. The van der Waals surface area contributed by atoms with Crippen LogP contribution in [0.5, 0.6) is 0 Å². The number of halogens is 1. The highest BCUT2D eigenvalue weighted by atomic mass is 79.9. The van der Waals surface area contributed by atoms with Gasteiger partial charge in [-0.25, -0.2) is 8.42 Å². The molecule has 1 aromatic rings. The van der Waals surface area contributed by atoms with Gasteiger partial charge >= 0.3 is 0 Å². The molecule has 0 atom stereocenters. The number of sulfonamides is 1. The second-order valence-corrected chi connectivity index (χ2v) is 7.33. The Labute approximate surface area is 125 Å². The minimum Gasteiger partial charge on any atom is -0.317 e. The number of benzene rings is 1. The third kappa shape index (κ3) is 3.47. The largest absolute Gasteiger partial charge is 0.317 e. The SMILES string of the molecule is O=[N+]([O-])c1cc(NS(=O)(=O)C2CCNCC2)ccc1Br. The molecule has 0 amide bonds. The van der Waals surface area contributed by atoms with Gasteiger partial charge in [0.2, 0.25) is 10.0 Å². The van der Waals surface area contributed by atoms with E-state index in [0.29, 0.717) is 30.4 Å². The Morgan fingerprint density at radius 2 is 2.00 bits per heavy atom.